The van der Waals surface area contributed by atoms with Crippen LogP contribution in [0.1, 0.15) is 43.7 Å². The van der Waals surface area contributed by atoms with Gasteiger partial charge < -0.3 is 5.11 Å². The minimum atomic E-state index is -0.826. The third kappa shape index (κ3) is 6.22. The van der Waals surface area contributed by atoms with E-state index in [0.717, 1.165) is 28.7 Å². The molecule has 0 aromatic heterocycles. The Morgan fingerprint density at radius 1 is 1.12 bits per heavy atom. The average molecular weight is 470 g/mol. The van der Waals surface area contributed by atoms with Gasteiger partial charge in [-0.05, 0) is 48.9 Å². The van der Waals surface area contributed by atoms with Gasteiger partial charge in [0.25, 0.3) is 0 Å². The molecule has 2 aromatic carbocycles. The molecule has 0 spiro atoms. The van der Waals surface area contributed by atoms with Crippen molar-refractivity contribution in [1.82, 2.24) is 0 Å². The van der Waals surface area contributed by atoms with Crippen LogP contribution in [0.25, 0.3) is 11.1 Å². The second-order valence-electron chi connectivity index (χ2n) is 6.80. The van der Waals surface area contributed by atoms with Crippen molar-refractivity contribution in [3.8, 4) is 16.9 Å². The molecule has 3 rings (SSSR count). The van der Waals surface area contributed by atoms with Crippen LogP contribution < -0.4 is 0 Å². The number of hydrogen-bond acceptors (Lipinski definition) is 2. The summed E-state index contributed by atoms with van der Waals surface area (Å²) in [6, 6.07) is 14.5. The van der Waals surface area contributed by atoms with E-state index in [1.165, 1.54) is 19.3 Å². The topological polar surface area (TPSA) is 32.6 Å². The Morgan fingerprint density at radius 2 is 1.77 bits per heavy atom. The summed E-state index contributed by atoms with van der Waals surface area (Å²) in [5.74, 6) is 0.967. The molecule has 0 amide bonds. The van der Waals surface area contributed by atoms with E-state index in [4.69, 9.17) is 22.0 Å². The maximum atomic E-state index is 10.7. The van der Waals surface area contributed by atoms with E-state index in [9.17, 15) is 5.11 Å². The number of phenolic OH excluding ortho intramolecular Hbond substituents is 1. The molecule has 1 aliphatic rings. The molecule has 0 radical (unpaired) electrons. The van der Waals surface area contributed by atoms with Crippen molar-refractivity contribution in [3.63, 3.8) is 0 Å². The second-order valence-corrected chi connectivity index (χ2v) is 10.5. The van der Waals surface area contributed by atoms with Crippen LogP contribution in [0.4, 0.5) is 0 Å². The average Bonchev–Trinajstić information content (AvgIpc) is 2.64. The van der Waals surface area contributed by atoms with Crippen LogP contribution >= 0.6 is 17.0 Å². The quantitative estimate of drug-likeness (QED) is 0.496. The third-order valence-corrected chi connectivity index (χ3v) is 4.84. The fourth-order valence-electron chi connectivity index (χ4n) is 3.44. The fourth-order valence-corrected chi connectivity index (χ4v) is 3.44. The van der Waals surface area contributed by atoms with Crippen LogP contribution in [0.5, 0.6) is 5.75 Å². The van der Waals surface area contributed by atoms with Crippen molar-refractivity contribution in [2.24, 2.45) is 10.9 Å². The molecule has 1 N–H and O–H groups in total. The zero-order valence-electron chi connectivity index (χ0n) is 15.3. The molecule has 2 atom stereocenters. The predicted molar refractivity (Wildman–Crippen MR) is 109 cm³/mol. The Balaban J connectivity index is 0.000000758. The molecule has 2 aromatic rings. The number of halogens is 2. The van der Waals surface area contributed by atoms with Gasteiger partial charge in [-0.3, -0.25) is 4.99 Å². The summed E-state index contributed by atoms with van der Waals surface area (Å²) in [7, 11) is 9.87. The first kappa shape index (κ1) is 21.7. The van der Waals surface area contributed by atoms with Gasteiger partial charge in [0.05, 0.1) is 6.04 Å². The Labute approximate surface area is 175 Å². The predicted octanol–water partition coefficient (Wildman–Crippen LogP) is 6.74. The number of aryl methyl sites for hydroxylation is 1. The standard InChI is InChI=1S/C21H25NO.2ClH.Zr/c1-15-12-18(14-22-20-11-7-6-8-16(20)2)21(23)19(13-15)17-9-4-3-5-10-17;;;/h3-5,9-10,12-14,16,20,23H,6-8,11H2,1-2H3;2*1H;/q;;;+2/p-2. The molecule has 1 fully saturated rings. The summed E-state index contributed by atoms with van der Waals surface area (Å²) >= 11 is -0.826. The first-order chi connectivity index (χ1) is 12.6. The molecule has 0 saturated heterocycles. The van der Waals surface area contributed by atoms with Crippen molar-refractivity contribution in [1.29, 1.82) is 0 Å². The van der Waals surface area contributed by atoms with Crippen molar-refractivity contribution in [2.45, 2.75) is 45.6 Å². The summed E-state index contributed by atoms with van der Waals surface area (Å²) in [5, 5.41) is 10.7. The van der Waals surface area contributed by atoms with Crippen LogP contribution in [0.3, 0.4) is 0 Å². The number of nitrogens with zero attached hydrogens (tertiary/aromatic N) is 1. The molecule has 2 nitrogen and oxygen atoms in total. The minimum absolute atomic E-state index is 0.328. The summed E-state index contributed by atoms with van der Waals surface area (Å²) in [5.41, 5.74) is 3.87. The van der Waals surface area contributed by atoms with Crippen molar-refractivity contribution < 1.29 is 26.0 Å². The third-order valence-electron chi connectivity index (χ3n) is 4.84. The summed E-state index contributed by atoms with van der Waals surface area (Å²) < 4.78 is 0. The molecule has 0 bridgehead atoms. The monoisotopic (exact) mass is 467 g/mol. The molecular weight excluding hydrogens is 444 g/mol. The van der Waals surface area contributed by atoms with Gasteiger partial charge in [0.1, 0.15) is 5.75 Å². The molecule has 0 aliphatic heterocycles. The van der Waals surface area contributed by atoms with Crippen LogP contribution in [-0.4, -0.2) is 17.4 Å². The summed E-state index contributed by atoms with van der Waals surface area (Å²) in [6.45, 7) is 4.35. The zero-order valence-corrected chi connectivity index (χ0v) is 19.2. The SMILES string of the molecule is Cc1cc(C=NC2CCCCC2C)c(O)c(-c2ccccc2)c1.[Cl][Zr][Cl]. The van der Waals surface area contributed by atoms with Crippen LogP contribution in [0, 0.1) is 12.8 Å². The van der Waals surface area contributed by atoms with E-state index >= 15 is 0 Å². The van der Waals surface area contributed by atoms with Crippen LogP contribution in [-0.2, 0) is 20.8 Å². The van der Waals surface area contributed by atoms with Gasteiger partial charge in [-0.1, -0.05) is 50.1 Å². The van der Waals surface area contributed by atoms with Crippen molar-refractivity contribution in [3.05, 3.63) is 53.6 Å². The first-order valence-electron chi connectivity index (χ1n) is 8.95. The molecule has 1 aliphatic carbocycles. The molecule has 1 saturated carbocycles. The van der Waals surface area contributed by atoms with Gasteiger partial charge in [-0.25, -0.2) is 0 Å². The molecule has 2 unspecified atom stereocenters. The van der Waals surface area contributed by atoms with Gasteiger partial charge in [0.2, 0.25) is 0 Å². The van der Waals surface area contributed by atoms with E-state index in [1.807, 2.05) is 48.7 Å². The van der Waals surface area contributed by atoms with Crippen molar-refractivity contribution >= 4 is 23.2 Å². The number of hydrogen-bond donors (Lipinski definition) is 1. The van der Waals surface area contributed by atoms with E-state index in [1.54, 1.807) is 0 Å². The number of rotatable bonds is 3. The van der Waals surface area contributed by atoms with Gasteiger partial charge in [-0.2, -0.15) is 0 Å². The van der Waals surface area contributed by atoms with E-state index in [-0.39, 0.29) is 0 Å². The molecular formula is C21H25Cl2NOZr. The number of aliphatic imine (C=N–C) groups is 1. The number of aromatic hydroxyl groups is 1. The Bertz CT molecular complexity index is 721. The molecule has 0 heterocycles. The summed E-state index contributed by atoms with van der Waals surface area (Å²) in [6.07, 6.45) is 6.89. The summed E-state index contributed by atoms with van der Waals surface area (Å²) in [4.78, 5) is 4.79. The van der Waals surface area contributed by atoms with Crippen LogP contribution in [0.2, 0.25) is 0 Å². The van der Waals surface area contributed by atoms with Gasteiger partial charge >= 0.3 is 37.9 Å². The molecule has 26 heavy (non-hydrogen) atoms. The Hall–Kier alpha value is -0.627. The Kier molecular flexibility index (Phi) is 9.39. The number of benzene rings is 2. The number of phenols is 1. The zero-order chi connectivity index (χ0) is 18.9. The molecule has 138 valence electrons. The van der Waals surface area contributed by atoms with E-state index in [0.29, 0.717) is 17.7 Å². The first-order valence-corrected chi connectivity index (χ1v) is 15.3. The second kappa shape index (κ2) is 11.3. The van der Waals surface area contributed by atoms with E-state index < -0.39 is 20.8 Å². The van der Waals surface area contributed by atoms with E-state index in [2.05, 4.69) is 13.8 Å². The van der Waals surface area contributed by atoms with Gasteiger partial charge in [0, 0.05) is 17.3 Å². The normalized spacial score (nSPS) is 19.7. The molecule has 5 heteroatoms. The van der Waals surface area contributed by atoms with Gasteiger partial charge in [-0.15, -0.1) is 0 Å². The van der Waals surface area contributed by atoms with Crippen molar-refractivity contribution in [2.75, 3.05) is 0 Å². The van der Waals surface area contributed by atoms with Gasteiger partial charge in [0.15, 0.2) is 0 Å². The fraction of sp³-hybridized carbons (Fsp3) is 0.381. The Morgan fingerprint density at radius 3 is 2.42 bits per heavy atom. The van der Waals surface area contributed by atoms with Crippen LogP contribution in [0.15, 0.2) is 47.5 Å². The maximum absolute atomic E-state index is 10.7.